The van der Waals surface area contributed by atoms with Crippen molar-refractivity contribution in [2.24, 2.45) is 0 Å². The molecule has 40 heavy (non-hydrogen) atoms. The van der Waals surface area contributed by atoms with Gasteiger partial charge in [0.05, 0.1) is 16.9 Å². The molecule has 0 saturated carbocycles. The molecule has 0 aliphatic rings. The van der Waals surface area contributed by atoms with E-state index in [1.54, 1.807) is 18.5 Å². The third-order valence-electron chi connectivity index (χ3n) is 6.39. The van der Waals surface area contributed by atoms with E-state index in [4.69, 9.17) is 5.10 Å². The van der Waals surface area contributed by atoms with Crippen molar-refractivity contribution in [1.29, 1.82) is 0 Å². The van der Waals surface area contributed by atoms with Gasteiger partial charge in [0.2, 0.25) is 5.91 Å². The molecule has 4 aromatic rings. The molecule has 0 bridgehead atoms. The van der Waals surface area contributed by atoms with E-state index in [1.165, 1.54) is 17.0 Å². The molecule has 1 heterocycles. The highest BCUT2D eigenvalue weighted by Crippen LogP contribution is 2.34. The molecule has 3 amide bonds. The number of amides is 3. The predicted octanol–water partition coefficient (Wildman–Crippen LogP) is 7.06. The summed E-state index contributed by atoms with van der Waals surface area (Å²) in [5.74, 6) is 0.0121. The van der Waals surface area contributed by atoms with Crippen molar-refractivity contribution in [3.05, 3.63) is 95.7 Å². The normalized spacial score (nSPS) is 11.4. The molecular formula is C30H30F3N5O2. The predicted molar refractivity (Wildman–Crippen MR) is 149 cm³/mol. The molecule has 0 aliphatic heterocycles. The number of rotatable bonds is 7. The van der Waals surface area contributed by atoms with Crippen LogP contribution >= 0.6 is 0 Å². The quantitative estimate of drug-likeness (QED) is 0.259. The lowest BCUT2D eigenvalue weighted by Crippen LogP contribution is -2.44. The summed E-state index contributed by atoms with van der Waals surface area (Å²) < 4.78 is 40.4. The molecule has 0 saturated heterocycles. The lowest BCUT2D eigenvalue weighted by molar-refractivity contribution is -0.137. The van der Waals surface area contributed by atoms with E-state index in [2.05, 4.69) is 10.6 Å². The van der Waals surface area contributed by atoms with E-state index in [0.717, 1.165) is 34.5 Å². The van der Waals surface area contributed by atoms with Gasteiger partial charge in [-0.3, -0.25) is 4.79 Å². The largest absolute Gasteiger partial charge is 0.416 e. The summed E-state index contributed by atoms with van der Waals surface area (Å²) >= 11 is 0. The molecule has 0 atom stereocenters. The molecular weight excluding hydrogens is 519 g/mol. The van der Waals surface area contributed by atoms with Crippen LogP contribution in [0.3, 0.4) is 0 Å². The number of aryl methyl sites for hydroxylation is 2. The Morgan fingerprint density at radius 1 is 0.900 bits per heavy atom. The number of urea groups is 1. The highest BCUT2D eigenvalue weighted by Gasteiger charge is 2.30. The average Bonchev–Trinajstić information content (AvgIpc) is 3.22. The van der Waals surface area contributed by atoms with Crippen LogP contribution in [0.25, 0.3) is 16.8 Å². The molecule has 7 nitrogen and oxygen atoms in total. The van der Waals surface area contributed by atoms with Crippen molar-refractivity contribution in [2.75, 3.05) is 17.2 Å². The molecule has 208 valence electrons. The topological polar surface area (TPSA) is 79.3 Å². The van der Waals surface area contributed by atoms with E-state index in [-0.39, 0.29) is 18.3 Å². The summed E-state index contributed by atoms with van der Waals surface area (Å²) in [6, 6.07) is 20.4. The molecule has 10 heteroatoms. The summed E-state index contributed by atoms with van der Waals surface area (Å²) in [5.41, 5.74) is 3.46. The smallest absolute Gasteiger partial charge is 0.313 e. The van der Waals surface area contributed by atoms with Crippen LogP contribution in [0.15, 0.2) is 78.9 Å². The molecule has 0 fully saturated rings. The lowest BCUT2D eigenvalue weighted by Gasteiger charge is -2.26. The monoisotopic (exact) mass is 549 g/mol. The van der Waals surface area contributed by atoms with Gasteiger partial charge in [-0.05, 0) is 69.2 Å². The summed E-state index contributed by atoms with van der Waals surface area (Å²) in [6.07, 6.45) is -4.48. The fraction of sp³-hybridized carbons (Fsp3) is 0.233. The Kier molecular flexibility index (Phi) is 8.27. The SMILES string of the molecule is Cc1ccccc1-n1nc(C)c(-c2ccccc2)c1NC(=O)CN(C(=O)Nc1ccc(C(F)(F)F)cc1)C(C)C. The maximum absolute atomic E-state index is 13.4. The van der Waals surface area contributed by atoms with E-state index >= 15 is 0 Å². The standard InChI is InChI=1S/C30H30F3N5O2/c1-19(2)37(29(40)34-24-16-14-23(15-17-24)30(31,32)33)18-26(39)35-28-27(22-11-6-5-7-12-22)21(4)36-38(28)25-13-9-8-10-20(25)3/h5-17,19H,18H2,1-4H3,(H,34,40)(H,35,39). The van der Waals surface area contributed by atoms with Gasteiger partial charge >= 0.3 is 12.2 Å². The Hall–Kier alpha value is -4.60. The van der Waals surface area contributed by atoms with Crippen LogP contribution in [0.5, 0.6) is 0 Å². The second-order valence-electron chi connectivity index (χ2n) is 9.65. The van der Waals surface area contributed by atoms with Gasteiger partial charge in [0, 0.05) is 17.3 Å². The molecule has 2 N–H and O–H groups in total. The van der Waals surface area contributed by atoms with Gasteiger partial charge in [0.15, 0.2) is 0 Å². The van der Waals surface area contributed by atoms with Gasteiger partial charge in [0.1, 0.15) is 12.4 Å². The first-order valence-electron chi connectivity index (χ1n) is 12.7. The van der Waals surface area contributed by atoms with Crippen LogP contribution in [-0.2, 0) is 11.0 Å². The summed E-state index contributed by atoms with van der Waals surface area (Å²) in [7, 11) is 0. The van der Waals surface area contributed by atoms with Crippen molar-refractivity contribution in [1.82, 2.24) is 14.7 Å². The summed E-state index contributed by atoms with van der Waals surface area (Å²) in [6.45, 7) is 7.01. The zero-order chi connectivity index (χ0) is 29.0. The maximum atomic E-state index is 13.4. The van der Waals surface area contributed by atoms with Gasteiger partial charge in [-0.25, -0.2) is 9.48 Å². The van der Waals surface area contributed by atoms with Crippen LogP contribution in [0.1, 0.15) is 30.7 Å². The second-order valence-corrected chi connectivity index (χ2v) is 9.65. The molecule has 4 rings (SSSR count). The Morgan fingerprint density at radius 3 is 2.12 bits per heavy atom. The number of anilines is 2. The Labute approximate surface area is 230 Å². The Balaban J connectivity index is 1.60. The van der Waals surface area contributed by atoms with E-state index in [9.17, 15) is 22.8 Å². The van der Waals surface area contributed by atoms with Gasteiger partial charge < -0.3 is 15.5 Å². The van der Waals surface area contributed by atoms with Gasteiger partial charge in [-0.15, -0.1) is 0 Å². The number of carbonyl (C=O) groups is 2. The summed E-state index contributed by atoms with van der Waals surface area (Å²) in [5, 5.41) is 10.3. The number of hydrogen-bond acceptors (Lipinski definition) is 3. The zero-order valence-electron chi connectivity index (χ0n) is 22.6. The van der Waals surface area contributed by atoms with Gasteiger partial charge in [0.25, 0.3) is 0 Å². The van der Waals surface area contributed by atoms with E-state index in [1.807, 2.05) is 68.4 Å². The number of nitrogens with zero attached hydrogens (tertiary/aromatic N) is 3. The molecule has 0 radical (unpaired) electrons. The van der Waals surface area contributed by atoms with Gasteiger partial charge in [-0.1, -0.05) is 48.5 Å². The number of nitrogens with one attached hydrogen (secondary N) is 2. The summed E-state index contributed by atoms with van der Waals surface area (Å²) in [4.78, 5) is 27.7. The van der Waals surface area contributed by atoms with Gasteiger partial charge in [-0.2, -0.15) is 18.3 Å². The molecule has 0 unspecified atom stereocenters. The fourth-order valence-electron chi connectivity index (χ4n) is 4.32. The first-order chi connectivity index (χ1) is 19.0. The highest BCUT2D eigenvalue weighted by molar-refractivity contribution is 5.99. The Morgan fingerprint density at radius 2 is 1.52 bits per heavy atom. The molecule has 0 spiro atoms. The number of hydrogen-bond donors (Lipinski definition) is 2. The third kappa shape index (κ3) is 6.33. The van der Waals surface area contributed by atoms with Crippen molar-refractivity contribution < 1.29 is 22.8 Å². The second kappa shape index (κ2) is 11.6. The minimum absolute atomic E-state index is 0.184. The molecule has 3 aromatic carbocycles. The fourth-order valence-corrected chi connectivity index (χ4v) is 4.32. The maximum Gasteiger partial charge on any atom is 0.416 e. The lowest BCUT2D eigenvalue weighted by atomic mass is 10.1. The van der Waals surface area contributed by atoms with Crippen LogP contribution < -0.4 is 10.6 Å². The minimum Gasteiger partial charge on any atom is -0.313 e. The minimum atomic E-state index is -4.48. The number of benzene rings is 3. The highest BCUT2D eigenvalue weighted by atomic mass is 19.4. The van der Waals surface area contributed by atoms with Crippen molar-refractivity contribution in [3.8, 4) is 16.8 Å². The van der Waals surface area contributed by atoms with Crippen LogP contribution in [0.4, 0.5) is 29.5 Å². The van der Waals surface area contributed by atoms with E-state index < -0.39 is 23.7 Å². The number of halogens is 3. The van der Waals surface area contributed by atoms with Crippen LogP contribution in [-0.4, -0.2) is 39.2 Å². The Bertz CT molecular complexity index is 1500. The zero-order valence-corrected chi connectivity index (χ0v) is 22.6. The van der Waals surface area contributed by atoms with Crippen molar-refractivity contribution in [3.63, 3.8) is 0 Å². The van der Waals surface area contributed by atoms with Crippen LogP contribution in [0, 0.1) is 13.8 Å². The first-order valence-corrected chi connectivity index (χ1v) is 12.7. The number of carbonyl (C=O) groups excluding carboxylic acids is 2. The number of alkyl halides is 3. The van der Waals surface area contributed by atoms with E-state index in [0.29, 0.717) is 11.5 Å². The molecule has 1 aromatic heterocycles. The third-order valence-corrected chi connectivity index (χ3v) is 6.39. The first kappa shape index (κ1) is 28.4. The average molecular weight is 550 g/mol. The molecule has 0 aliphatic carbocycles. The van der Waals surface area contributed by atoms with Crippen LogP contribution in [0.2, 0.25) is 0 Å². The van der Waals surface area contributed by atoms with Crippen molar-refractivity contribution in [2.45, 2.75) is 39.9 Å². The number of para-hydroxylation sites is 1. The number of aromatic nitrogens is 2. The van der Waals surface area contributed by atoms with Crippen molar-refractivity contribution >= 4 is 23.4 Å².